The van der Waals surface area contributed by atoms with E-state index in [0.717, 1.165) is 5.75 Å². The molecule has 0 aliphatic heterocycles. The molecule has 1 aromatic carbocycles. The van der Waals surface area contributed by atoms with Crippen molar-refractivity contribution in [2.24, 2.45) is 0 Å². The van der Waals surface area contributed by atoms with E-state index in [2.05, 4.69) is 0 Å². The summed E-state index contributed by atoms with van der Waals surface area (Å²) in [5.74, 6) is 1.02. The summed E-state index contributed by atoms with van der Waals surface area (Å²) in [5, 5.41) is 8.80. The summed E-state index contributed by atoms with van der Waals surface area (Å²) in [5.41, 5.74) is -5.53. The standard InChI is InChI=1S/C7H8O2.CHF3O3S/c1-9-7-4-2-6(8)3-5-7;2-1(3,4)8(5,6)7/h2-5,8H,1H3;(H,5,6,7). The molecule has 0 aliphatic carbocycles. The molecule has 1 rings (SSSR count). The Kier molecular flexibility index (Phi) is 5.23. The Labute approximate surface area is 95.2 Å². The molecule has 0 heterocycles. The molecule has 0 radical (unpaired) electrons. The zero-order chi connectivity index (χ0) is 13.7. The molecule has 0 saturated heterocycles. The predicted molar refractivity (Wildman–Crippen MR) is 52.3 cm³/mol. The lowest BCUT2D eigenvalue weighted by atomic mass is 10.3. The number of alkyl halides is 3. The van der Waals surface area contributed by atoms with E-state index < -0.39 is 15.6 Å². The van der Waals surface area contributed by atoms with E-state index in [1.807, 2.05) is 0 Å². The molecular formula is C8H9F3O5S. The van der Waals surface area contributed by atoms with Gasteiger partial charge in [-0.2, -0.15) is 21.6 Å². The highest BCUT2D eigenvalue weighted by atomic mass is 32.2. The molecule has 0 bridgehead atoms. The SMILES string of the molecule is COc1ccc(O)cc1.O=S(=O)(O)C(F)(F)F. The van der Waals surface area contributed by atoms with Crippen molar-refractivity contribution in [2.75, 3.05) is 7.11 Å². The Balaban J connectivity index is 0.000000304. The molecule has 0 aliphatic rings. The zero-order valence-corrected chi connectivity index (χ0v) is 9.29. The third-order valence-corrected chi connectivity index (χ3v) is 1.95. The van der Waals surface area contributed by atoms with Gasteiger partial charge in [0, 0.05) is 0 Å². The van der Waals surface area contributed by atoms with Gasteiger partial charge in [-0.05, 0) is 24.3 Å². The van der Waals surface area contributed by atoms with Gasteiger partial charge < -0.3 is 9.84 Å². The summed E-state index contributed by atoms with van der Waals surface area (Å²) >= 11 is 0. The van der Waals surface area contributed by atoms with Gasteiger partial charge in [0.1, 0.15) is 11.5 Å². The fourth-order valence-electron chi connectivity index (χ4n) is 0.582. The summed E-state index contributed by atoms with van der Waals surface area (Å²) in [6.45, 7) is 0. The van der Waals surface area contributed by atoms with Crippen LogP contribution in [0.25, 0.3) is 0 Å². The van der Waals surface area contributed by atoms with Crippen LogP contribution in [-0.4, -0.2) is 30.7 Å². The molecule has 98 valence electrons. The molecule has 0 fully saturated rings. The first-order valence-corrected chi connectivity index (χ1v) is 5.38. The number of aromatic hydroxyl groups is 1. The highest BCUT2D eigenvalue weighted by molar-refractivity contribution is 7.86. The number of hydrogen-bond acceptors (Lipinski definition) is 4. The second kappa shape index (κ2) is 5.73. The van der Waals surface area contributed by atoms with Crippen LogP contribution in [0.4, 0.5) is 13.2 Å². The van der Waals surface area contributed by atoms with E-state index >= 15 is 0 Å². The highest BCUT2D eigenvalue weighted by Crippen LogP contribution is 2.20. The van der Waals surface area contributed by atoms with Crippen LogP contribution in [0.15, 0.2) is 24.3 Å². The predicted octanol–water partition coefficient (Wildman–Crippen LogP) is 1.79. The molecule has 0 unspecified atom stereocenters. The van der Waals surface area contributed by atoms with Gasteiger partial charge in [0.15, 0.2) is 0 Å². The average molecular weight is 274 g/mol. The Hall–Kier alpha value is -1.48. The Morgan fingerprint density at radius 1 is 1.18 bits per heavy atom. The van der Waals surface area contributed by atoms with Gasteiger partial charge in [-0.15, -0.1) is 0 Å². The Morgan fingerprint density at radius 2 is 1.53 bits per heavy atom. The van der Waals surface area contributed by atoms with Crippen LogP contribution in [0.2, 0.25) is 0 Å². The van der Waals surface area contributed by atoms with E-state index in [1.54, 1.807) is 31.4 Å². The summed E-state index contributed by atoms with van der Waals surface area (Å²) in [4.78, 5) is 0. The fraction of sp³-hybridized carbons (Fsp3) is 0.250. The number of rotatable bonds is 1. The lowest BCUT2D eigenvalue weighted by molar-refractivity contribution is -0.0510. The van der Waals surface area contributed by atoms with Crippen LogP contribution in [0.5, 0.6) is 11.5 Å². The molecule has 0 atom stereocenters. The van der Waals surface area contributed by atoms with E-state index in [1.165, 1.54) is 0 Å². The van der Waals surface area contributed by atoms with Gasteiger partial charge in [-0.3, -0.25) is 4.55 Å². The van der Waals surface area contributed by atoms with E-state index in [0.29, 0.717) is 0 Å². The molecule has 0 saturated carbocycles. The maximum Gasteiger partial charge on any atom is 0.522 e. The number of halogens is 3. The maximum atomic E-state index is 10.7. The molecule has 1 aromatic rings. The lowest BCUT2D eigenvalue weighted by Crippen LogP contribution is -2.21. The van der Waals surface area contributed by atoms with Crippen molar-refractivity contribution in [1.29, 1.82) is 0 Å². The zero-order valence-electron chi connectivity index (χ0n) is 8.47. The topological polar surface area (TPSA) is 83.8 Å². The van der Waals surface area contributed by atoms with Crippen molar-refractivity contribution >= 4 is 10.1 Å². The number of ether oxygens (including phenoxy) is 1. The van der Waals surface area contributed by atoms with E-state index in [4.69, 9.17) is 22.8 Å². The lowest BCUT2D eigenvalue weighted by Gasteiger charge is -1.97. The van der Waals surface area contributed by atoms with Crippen molar-refractivity contribution in [1.82, 2.24) is 0 Å². The second-order valence-electron chi connectivity index (χ2n) is 2.62. The van der Waals surface area contributed by atoms with Gasteiger partial charge in [0.2, 0.25) is 0 Å². The largest absolute Gasteiger partial charge is 0.522 e. The van der Waals surface area contributed by atoms with Gasteiger partial charge in [0.05, 0.1) is 7.11 Å². The maximum absolute atomic E-state index is 10.7. The first-order valence-electron chi connectivity index (χ1n) is 3.94. The summed E-state index contributed by atoms with van der Waals surface area (Å²) in [7, 11) is -4.25. The van der Waals surface area contributed by atoms with E-state index in [9.17, 15) is 13.2 Å². The molecule has 2 N–H and O–H groups in total. The quantitative estimate of drug-likeness (QED) is 0.602. The van der Waals surface area contributed by atoms with Crippen LogP contribution < -0.4 is 4.74 Å². The minimum atomic E-state index is -5.84. The van der Waals surface area contributed by atoms with Crippen LogP contribution in [0, 0.1) is 0 Å². The average Bonchev–Trinajstić information content (AvgIpc) is 2.17. The molecule has 17 heavy (non-hydrogen) atoms. The molecule has 0 spiro atoms. The van der Waals surface area contributed by atoms with Crippen molar-refractivity contribution in [2.45, 2.75) is 5.51 Å². The third kappa shape index (κ3) is 5.97. The van der Waals surface area contributed by atoms with Crippen LogP contribution >= 0.6 is 0 Å². The molecular weight excluding hydrogens is 265 g/mol. The second-order valence-corrected chi connectivity index (χ2v) is 4.03. The fourth-order valence-corrected chi connectivity index (χ4v) is 0.582. The summed E-state index contributed by atoms with van der Waals surface area (Å²) in [6, 6.07) is 6.57. The normalized spacial score (nSPS) is 11.4. The third-order valence-electron chi connectivity index (χ3n) is 1.36. The molecule has 0 aromatic heterocycles. The number of phenols is 1. The Bertz CT molecular complexity index is 437. The van der Waals surface area contributed by atoms with E-state index in [-0.39, 0.29) is 5.75 Å². The first kappa shape index (κ1) is 15.5. The summed E-state index contributed by atoms with van der Waals surface area (Å²) < 4.78 is 62.4. The van der Waals surface area contributed by atoms with Crippen molar-refractivity contribution in [3.63, 3.8) is 0 Å². The van der Waals surface area contributed by atoms with Gasteiger partial charge >= 0.3 is 15.6 Å². The molecule has 5 nitrogen and oxygen atoms in total. The van der Waals surface area contributed by atoms with Crippen LogP contribution in [0.3, 0.4) is 0 Å². The van der Waals surface area contributed by atoms with Gasteiger partial charge in [-0.1, -0.05) is 0 Å². The smallest absolute Gasteiger partial charge is 0.508 e. The van der Waals surface area contributed by atoms with Gasteiger partial charge in [0.25, 0.3) is 0 Å². The minimum Gasteiger partial charge on any atom is -0.508 e. The Morgan fingerprint density at radius 3 is 1.76 bits per heavy atom. The molecule has 0 amide bonds. The van der Waals surface area contributed by atoms with Crippen molar-refractivity contribution in [3.8, 4) is 11.5 Å². The number of phenolic OH excluding ortho intramolecular Hbond substituents is 1. The van der Waals surface area contributed by atoms with Crippen LogP contribution in [0.1, 0.15) is 0 Å². The molecule has 9 heteroatoms. The monoisotopic (exact) mass is 274 g/mol. The van der Waals surface area contributed by atoms with Crippen molar-refractivity contribution < 1.29 is 36.0 Å². The van der Waals surface area contributed by atoms with Gasteiger partial charge in [-0.25, -0.2) is 0 Å². The van der Waals surface area contributed by atoms with Crippen molar-refractivity contribution in [3.05, 3.63) is 24.3 Å². The minimum absolute atomic E-state index is 0.260. The number of hydrogen-bond donors (Lipinski definition) is 2. The number of methoxy groups -OCH3 is 1. The van der Waals surface area contributed by atoms with Crippen LogP contribution in [-0.2, 0) is 10.1 Å². The number of benzene rings is 1. The summed E-state index contributed by atoms with van der Waals surface area (Å²) in [6.07, 6.45) is 0. The highest BCUT2D eigenvalue weighted by Gasteiger charge is 2.44. The first-order chi connectivity index (χ1) is 7.58.